The van der Waals surface area contributed by atoms with Gasteiger partial charge >= 0.3 is 5.69 Å². The quantitative estimate of drug-likeness (QED) is 0.338. The molecule has 1 aromatic carbocycles. The van der Waals surface area contributed by atoms with E-state index in [-0.39, 0.29) is 23.5 Å². The molecule has 0 amide bonds. The van der Waals surface area contributed by atoms with Gasteiger partial charge in [0.1, 0.15) is 5.56 Å². The van der Waals surface area contributed by atoms with Crippen molar-refractivity contribution in [3.63, 3.8) is 0 Å². The highest BCUT2D eigenvalue weighted by atomic mass is 16.6. The first-order valence-corrected chi connectivity index (χ1v) is 4.93. The topological polar surface area (TPSA) is 86.5 Å². The van der Waals surface area contributed by atoms with E-state index in [2.05, 4.69) is 0 Å². The number of aldehydes is 1. The molecule has 0 N–H and O–H groups in total. The summed E-state index contributed by atoms with van der Waals surface area (Å²) in [5.41, 5.74) is -0.674. The van der Waals surface area contributed by atoms with Crippen molar-refractivity contribution in [2.75, 3.05) is 6.61 Å². The molecule has 1 aromatic rings. The van der Waals surface area contributed by atoms with Crippen molar-refractivity contribution < 1.29 is 19.2 Å². The zero-order chi connectivity index (χ0) is 13.0. The lowest BCUT2D eigenvalue weighted by molar-refractivity contribution is -0.386. The predicted molar refractivity (Wildman–Crippen MR) is 59.7 cm³/mol. The smallest absolute Gasteiger partial charge is 0.322 e. The fraction of sp³-hybridized carbons (Fsp3) is 0.273. The van der Waals surface area contributed by atoms with E-state index in [9.17, 15) is 19.7 Å². The number of nitrogens with zero attached hydrogens (tertiary/aromatic N) is 1. The van der Waals surface area contributed by atoms with Crippen LogP contribution in [0, 0.1) is 10.1 Å². The van der Waals surface area contributed by atoms with Crippen molar-refractivity contribution in [3.05, 3.63) is 33.4 Å². The van der Waals surface area contributed by atoms with Crippen molar-refractivity contribution in [1.82, 2.24) is 0 Å². The van der Waals surface area contributed by atoms with Gasteiger partial charge in [-0.1, -0.05) is 0 Å². The van der Waals surface area contributed by atoms with Gasteiger partial charge in [-0.3, -0.25) is 19.7 Å². The van der Waals surface area contributed by atoms with Crippen LogP contribution in [0.25, 0.3) is 0 Å². The molecular weight excluding hydrogens is 226 g/mol. The molecule has 0 aliphatic rings. The molecule has 0 saturated carbocycles. The Balaban J connectivity index is 3.58. The SMILES string of the molecule is CCOc1ccc(C=O)c(C(C)=O)c1[N+](=O)[O-]. The van der Waals surface area contributed by atoms with Crippen LogP contribution in [0.3, 0.4) is 0 Å². The number of ketones is 1. The third kappa shape index (κ3) is 2.47. The fourth-order valence-corrected chi connectivity index (χ4v) is 1.51. The molecule has 0 aliphatic carbocycles. The highest BCUT2D eigenvalue weighted by molar-refractivity contribution is 6.05. The predicted octanol–water partition coefficient (Wildman–Crippen LogP) is 2.01. The van der Waals surface area contributed by atoms with Gasteiger partial charge in [-0.25, -0.2) is 0 Å². The van der Waals surface area contributed by atoms with Crippen LogP contribution in [0.1, 0.15) is 34.6 Å². The molecule has 0 aliphatic heterocycles. The molecule has 0 fully saturated rings. The molecular formula is C11H11NO5. The van der Waals surface area contributed by atoms with Crippen molar-refractivity contribution >= 4 is 17.8 Å². The van der Waals surface area contributed by atoms with Crippen LogP contribution in [-0.4, -0.2) is 23.6 Å². The van der Waals surface area contributed by atoms with Crippen LogP contribution < -0.4 is 4.74 Å². The Kier molecular flexibility index (Phi) is 3.92. The highest BCUT2D eigenvalue weighted by Crippen LogP contribution is 2.33. The average molecular weight is 237 g/mol. The standard InChI is InChI=1S/C11H11NO5/c1-3-17-9-5-4-8(6-13)10(7(2)14)11(9)12(15)16/h4-6H,3H2,1-2H3. The van der Waals surface area contributed by atoms with Crippen LogP contribution in [0.4, 0.5) is 5.69 Å². The average Bonchev–Trinajstić information content (AvgIpc) is 2.28. The lowest BCUT2D eigenvalue weighted by Gasteiger charge is -2.08. The number of Topliss-reactive ketones (excluding diaryl/α,β-unsaturated/α-hetero) is 1. The number of carbonyl (C=O) groups is 2. The first-order valence-electron chi connectivity index (χ1n) is 4.93. The summed E-state index contributed by atoms with van der Waals surface area (Å²) >= 11 is 0. The van der Waals surface area contributed by atoms with Crippen LogP contribution in [-0.2, 0) is 0 Å². The Bertz CT molecular complexity index is 481. The first-order chi connectivity index (χ1) is 8.02. The summed E-state index contributed by atoms with van der Waals surface area (Å²) < 4.78 is 5.08. The second-order valence-electron chi connectivity index (χ2n) is 3.24. The Labute approximate surface area is 97.3 Å². The van der Waals surface area contributed by atoms with E-state index in [1.165, 1.54) is 19.1 Å². The Morgan fingerprint density at radius 2 is 2.18 bits per heavy atom. The fourth-order valence-electron chi connectivity index (χ4n) is 1.51. The number of carbonyl (C=O) groups excluding carboxylic acids is 2. The van der Waals surface area contributed by atoms with Gasteiger partial charge < -0.3 is 4.74 Å². The molecule has 0 unspecified atom stereocenters. The van der Waals surface area contributed by atoms with Crippen molar-refractivity contribution in [2.24, 2.45) is 0 Å². The number of nitro benzene ring substituents is 1. The van der Waals surface area contributed by atoms with Crippen LogP contribution >= 0.6 is 0 Å². The molecule has 0 bridgehead atoms. The first kappa shape index (κ1) is 12.8. The van der Waals surface area contributed by atoms with Crippen LogP contribution in [0.2, 0.25) is 0 Å². The zero-order valence-electron chi connectivity index (χ0n) is 9.43. The number of benzene rings is 1. The molecule has 1 rings (SSSR count). The van der Waals surface area contributed by atoms with Crippen LogP contribution in [0.5, 0.6) is 5.75 Å². The molecule has 90 valence electrons. The minimum Gasteiger partial charge on any atom is -0.487 e. The highest BCUT2D eigenvalue weighted by Gasteiger charge is 2.26. The molecule has 0 atom stereocenters. The minimum atomic E-state index is -0.714. The van der Waals surface area contributed by atoms with Gasteiger partial charge in [0.2, 0.25) is 0 Å². The Hall–Kier alpha value is -2.24. The third-order valence-corrected chi connectivity index (χ3v) is 2.13. The largest absolute Gasteiger partial charge is 0.487 e. The summed E-state index contributed by atoms with van der Waals surface area (Å²) in [4.78, 5) is 32.4. The molecule has 6 nitrogen and oxygen atoms in total. The van der Waals surface area contributed by atoms with E-state index in [1.807, 2.05) is 0 Å². The maximum atomic E-state index is 11.4. The molecule has 0 aromatic heterocycles. The zero-order valence-corrected chi connectivity index (χ0v) is 9.43. The van der Waals surface area contributed by atoms with E-state index in [0.717, 1.165) is 0 Å². The van der Waals surface area contributed by atoms with E-state index in [0.29, 0.717) is 6.29 Å². The number of hydrogen-bond donors (Lipinski definition) is 0. The molecule has 17 heavy (non-hydrogen) atoms. The summed E-state index contributed by atoms with van der Waals surface area (Å²) in [5.74, 6) is -0.548. The molecule has 0 radical (unpaired) electrons. The van der Waals surface area contributed by atoms with E-state index < -0.39 is 16.4 Å². The van der Waals surface area contributed by atoms with Gasteiger partial charge in [-0.2, -0.15) is 0 Å². The second kappa shape index (κ2) is 5.20. The second-order valence-corrected chi connectivity index (χ2v) is 3.24. The minimum absolute atomic E-state index is 0.00620. The summed E-state index contributed by atoms with van der Waals surface area (Å²) in [6.07, 6.45) is 0.416. The molecule has 0 spiro atoms. The summed E-state index contributed by atoms with van der Waals surface area (Å²) in [6.45, 7) is 3.08. The van der Waals surface area contributed by atoms with Gasteiger partial charge in [0.05, 0.1) is 11.5 Å². The normalized spacial score (nSPS) is 9.76. The third-order valence-electron chi connectivity index (χ3n) is 2.13. The summed E-state index contributed by atoms with van der Waals surface area (Å²) in [7, 11) is 0. The Morgan fingerprint density at radius 3 is 2.59 bits per heavy atom. The lowest BCUT2D eigenvalue weighted by Crippen LogP contribution is -2.07. The lowest BCUT2D eigenvalue weighted by atomic mass is 10.0. The number of nitro groups is 1. The van der Waals surface area contributed by atoms with Crippen molar-refractivity contribution in [3.8, 4) is 5.75 Å². The number of hydrogen-bond acceptors (Lipinski definition) is 5. The Morgan fingerprint density at radius 1 is 1.53 bits per heavy atom. The van der Waals surface area contributed by atoms with Crippen LogP contribution in [0.15, 0.2) is 12.1 Å². The molecule has 0 saturated heterocycles. The van der Waals surface area contributed by atoms with Gasteiger partial charge in [-0.15, -0.1) is 0 Å². The van der Waals surface area contributed by atoms with Gasteiger partial charge in [0, 0.05) is 5.56 Å². The number of ether oxygens (including phenoxy) is 1. The van der Waals surface area contributed by atoms with Gasteiger partial charge in [0.15, 0.2) is 17.8 Å². The monoisotopic (exact) mass is 237 g/mol. The molecule has 0 heterocycles. The summed E-state index contributed by atoms with van der Waals surface area (Å²) in [6, 6.07) is 2.65. The van der Waals surface area contributed by atoms with Crippen molar-refractivity contribution in [2.45, 2.75) is 13.8 Å². The summed E-state index contributed by atoms with van der Waals surface area (Å²) in [5, 5.41) is 10.9. The molecule has 6 heteroatoms. The maximum Gasteiger partial charge on any atom is 0.322 e. The van der Waals surface area contributed by atoms with E-state index >= 15 is 0 Å². The van der Waals surface area contributed by atoms with E-state index in [1.54, 1.807) is 6.92 Å². The van der Waals surface area contributed by atoms with Gasteiger partial charge in [-0.05, 0) is 26.0 Å². The van der Waals surface area contributed by atoms with Crippen molar-refractivity contribution in [1.29, 1.82) is 0 Å². The van der Waals surface area contributed by atoms with Gasteiger partial charge in [0.25, 0.3) is 0 Å². The maximum absolute atomic E-state index is 11.4. The number of rotatable bonds is 5. The van der Waals surface area contributed by atoms with E-state index in [4.69, 9.17) is 4.74 Å².